The van der Waals surface area contributed by atoms with Crippen LogP contribution in [-0.4, -0.2) is 39.0 Å². The number of anilines is 1. The van der Waals surface area contributed by atoms with E-state index < -0.39 is 6.17 Å². The van der Waals surface area contributed by atoms with E-state index >= 15 is 0 Å². The van der Waals surface area contributed by atoms with E-state index in [9.17, 15) is 4.39 Å². The molecule has 0 amide bonds. The average Bonchev–Trinajstić information content (AvgIpc) is 2.82. The fraction of sp³-hybridized carbons (Fsp3) is 0.688. The van der Waals surface area contributed by atoms with Gasteiger partial charge < -0.3 is 10.5 Å². The van der Waals surface area contributed by atoms with Crippen LogP contribution in [0.5, 0.6) is 0 Å². The summed E-state index contributed by atoms with van der Waals surface area (Å²) in [5, 5.41) is 4.63. The SMILES string of the molecule is CC1(C)CC(c2nc(Cl)c3cnc(N)nn23)C1.FC1CCCOC1. The number of nitrogens with zero attached hydrogens (tertiary/aromatic N) is 4. The predicted octanol–water partition coefficient (Wildman–Crippen LogP) is 3.40. The summed E-state index contributed by atoms with van der Waals surface area (Å²) < 4.78 is 18.6. The van der Waals surface area contributed by atoms with Crippen molar-refractivity contribution in [1.29, 1.82) is 0 Å². The number of alkyl halides is 1. The van der Waals surface area contributed by atoms with Crippen LogP contribution in [0.3, 0.4) is 0 Å². The molecule has 1 aliphatic heterocycles. The van der Waals surface area contributed by atoms with E-state index in [4.69, 9.17) is 22.1 Å². The number of ether oxygens (including phenoxy) is 1. The molecule has 0 radical (unpaired) electrons. The minimum Gasteiger partial charge on any atom is -0.378 e. The molecule has 1 unspecified atom stereocenters. The molecule has 24 heavy (non-hydrogen) atoms. The average molecular weight is 356 g/mol. The van der Waals surface area contributed by atoms with Gasteiger partial charge in [-0.3, -0.25) is 0 Å². The number of rotatable bonds is 1. The van der Waals surface area contributed by atoms with E-state index in [0.717, 1.165) is 37.2 Å². The number of hydrogen-bond acceptors (Lipinski definition) is 5. The molecule has 2 aromatic heterocycles. The topological polar surface area (TPSA) is 78.3 Å². The van der Waals surface area contributed by atoms with Gasteiger partial charge in [-0.1, -0.05) is 25.4 Å². The Morgan fingerprint density at radius 2 is 2.17 bits per heavy atom. The smallest absolute Gasteiger partial charge is 0.238 e. The van der Waals surface area contributed by atoms with Gasteiger partial charge in [0, 0.05) is 12.5 Å². The first-order valence-corrected chi connectivity index (χ1v) is 8.62. The molecule has 1 saturated heterocycles. The first-order chi connectivity index (χ1) is 11.4. The number of hydrogen-bond donors (Lipinski definition) is 1. The van der Waals surface area contributed by atoms with E-state index in [1.165, 1.54) is 0 Å². The van der Waals surface area contributed by atoms with Crippen molar-refractivity contribution in [1.82, 2.24) is 19.6 Å². The Labute approximate surface area is 145 Å². The molecular weight excluding hydrogens is 333 g/mol. The molecule has 2 aliphatic rings. The molecule has 2 N–H and O–H groups in total. The van der Waals surface area contributed by atoms with Gasteiger partial charge in [-0.15, -0.1) is 5.10 Å². The third-order valence-corrected chi connectivity index (χ3v) is 4.74. The van der Waals surface area contributed by atoms with Crippen molar-refractivity contribution in [2.75, 3.05) is 18.9 Å². The quantitative estimate of drug-likeness (QED) is 0.848. The molecule has 1 saturated carbocycles. The van der Waals surface area contributed by atoms with Crippen molar-refractivity contribution >= 4 is 23.1 Å². The normalized spacial score (nSPS) is 23.4. The highest BCUT2D eigenvalue weighted by atomic mass is 35.5. The van der Waals surface area contributed by atoms with Crippen molar-refractivity contribution in [2.45, 2.75) is 51.6 Å². The summed E-state index contributed by atoms with van der Waals surface area (Å²) in [6.07, 6.45) is 4.72. The van der Waals surface area contributed by atoms with Crippen LogP contribution in [0, 0.1) is 5.41 Å². The van der Waals surface area contributed by atoms with Crippen LogP contribution in [0.15, 0.2) is 6.20 Å². The van der Waals surface area contributed by atoms with Crippen LogP contribution < -0.4 is 5.73 Å². The maximum atomic E-state index is 12.1. The molecule has 3 heterocycles. The highest BCUT2D eigenvalue weighted by Crippen LogP contribution is 2.50. The monoisotopic (exact) mass is 355 g/mol. The van der Waals surface area contributed by atoms with Crippen molar-refractivity contribution in [2.24, 2.45) is 5.41 Å². The molecule has 2 aromatic rings. The van der Waals surface area contributed by atoms with Gasteiger partial charge in [-0.25, -0.2) is 18.9 Å². The fourth-order valence-corrected chi connectivity index (χ4v) is 3.52. The Balaban J connectivity index is 0.000000203. The Bertz CT molecular complexity index is 706. The molecule has 4 rings (SSSR count). The van der Waals surface area contributed by atoms with Gasteiger partial charge in [-0.05, 0) is 31.1 Å². The standard InChI is InChI=1S/C11H14ClN5.C5H9FO/c1-11(2)3-6(4-11)9-15-8(12)7-5-14-10(13)16-17(7)9;6-5-2-1-3-7-4-5/h5-6H,3-4H2,1-2H3,(H2,13,16);5H,1-4H2. The Kier molecular flexibility index (Phi) is 4.92. The Hall–Kier alpha value is -1.47. The van der Waals surface area contributed by atoms with Crippen molar-refractivity contribution in [3.63, 3.8) is 0 Å². The molecule has 0 spiro atoms. The summed E-state index contributed by atoms with van der Waals surface area (Å²) in [7, 11) is 0. The van der Waals surface area contributed by atoms with Crippen LogP contribution in [0.2, 0.25) is 5.15 Å². The summed E-state index contributed by atoms with van der Waals surface area (Å²) in [5.74, 6) is 1.56. The van der Waals surface area contributed by atoms with Crippen molar-refractivity contribution in [3.8, 4) is 0 Å². The maximum absolute atomic E-state index is 12.1. The van der Waals surface area contributed by atoms with Gasteiger partial charge in [0.1, 0.15) is 17.5 Å². The van der Waals surface area contributed by atoms with E-state index in [1.54, 1.807) is 10.7 Å². The van der Waals surface area contributed by atoms with Gasteiger partial charge in [0.25, 0.3) is 0 Å². The summed E-state index contributed by atoms with van der Waals surface area (Å²) >= 11 is 6.07. The van der Waals surface area contributed by atoms with E-state index in [1.807, 2.05) is 0 Å². The highest BCUT2D eigenvalue weighted by molar-refractivity contribution is 6.32. The number of nitrogens with two attached hydrogens (primary N) is 1. The number of fused-ring (bicyclic) bond motifs is 1. The molecule has 0 bridgehead atoms. The van der Waals surface area contributed by atoms with Crippen LogP contribution in [0.1, 0.15) is 51.3 Å². The highest BCUT2D eigenvalue weighted by Gasteiger charge is 2.39. The lowest BCUT2D eigenvalue weighted by molar-refractivity contribution is 0.0366. The van der Waals surface area contributed by atoms with Gasteiger partial charge in [0.2, 0.25) is 5.95 Å². The van der Waals surface area contributed by atoms with Gasteiger partial charge in [-0.2, -0.15) is 0 Å². The lowest BCUT2D eigenvalue weighted by Crippen LogP contribution is -2.31. The first kappa shape index (κ1) is 17.4. The number of imidazole rings is 1. The van der Waals surface area contributed by atoms with E-state index in [0.29, 0.717) is 29.5 Å². The lowest BCUT2D eigenvalue weighted by Gasteiger charge is -2.41. The third-order valence-electron chi connectivity index (χ3n) is 4.46. The largest absolute Gasteiger partial charge is 0.378 e. The van der Waals surface area contributed by atoms with Gasteiger partial charge in [0.05, 0.1) is 12.8 Å². The van der Waals surface area contributed by atoms with Crippen LogP contribution >= 0.6 is 11.6 Å². The zero-order valence-electron chi connectivity index (χ0n) is 14.0. The molecule has 6 nitrogen and oxygen atoms in total. The lowest BCUT2D eigenvalue weighted by atomic mass is 9.64. The summed E-state index contributed by atoms with van der Waals surface area (Å²) in [6.45, 7) is 5.58. The van der Waals surface area contributed by atoms with Crippen molar-refractivity contribution in [3.05, 3.63) is 17.2 Å². The van der Waals surface area contributed by atoms with Crippen LogP contribution in [0.4, 0.5) is 10.3 Å². The predicted molar refractivity (Wildman–Crippen MR) is 90.9 cm³/mol. The third kappa shape index (κ3) is 3.78. The zero-order valence-corrected chi connectivity index (χ0v) is 14.8. The second-order valence-electron chi connectivity index (χ2n) is 7.26. The second kappa shape index (κ2) is 6.80. The molecule has 1 atom stereocenters. The van der Waals surface area contributed by atoms with E-state index in [2.05, 4.69) is 28.9 Å². The summed E-state index contributed by atoms with van der Waals surface area (Å²) in [6, 6.07) is 0. The van der Waals surface area contributed by atoms with Gasteiger partial charge >= 0.3 is 0 Å². The van der Waals surface area contributed by atoms with Gasteiger partial charge in [0.15, 0.2) is 5.15 Å². The fourth-order valence-electron chi connectivity index (χ4n) is 3.31. The minimum absolute atomic E-state index is 0.242. The van der Waals surface area contributed by atoms with E-state index in [-0.39, 0.29) is 5.95 Å². The number of halogens is 2. The second-order valence-corrected chi connectivity index (χ2v) is 7.62. The zero-order chi connectivity index (χ0) is 17.3. The molecule has 2 fully saturated rings. The van der Waals surface area contributed by atoms with Crippen molar-refractivity contribution < 1.29 is 9.13 Å². The first-order valence-electron chi connectivity index (χ1n) is 8.24. The van der Waals surface area contributed by atoms with Crippen LogP contribution in [0.25, 0.3) is 5.52 Å². The molecule has 0 aromatic carbocycles. The molecule has 8 heteroatoms. The Morgan fingerprint density at radius 1 is 1.42 bits per heavy atom. The molecular formula is C16H23ClFN5O. The summed E-state index contributed by atoms with van der Waals surface area (Å²) in [4.78, 5) is 8.32. The minimum atomic E-state index is -0.686. The number of nitrogen functional groups attached to an aromatic ring is 1. The molecule has 1 aliphatic carbocycles. The molecule has 132 valence electrons. The van der Waals surface area contributed by atoms with Crippen LogP contribution in [-0.2, 0) is 4.74 Å². The Morgan fingerprint density at radius 3 is 2.71 bits per heavy atom. The maximum Gasteiger partial charge on any atom is 0.238 e. The number of aromatic nitrogens is 4. The summed E-state index contributed by atoms with van der Waals surface area (Å²) in [5.41, 5.74) is 6.71.